The lowest BCUT2D eigenvalue weighted by molar-refractivity contribution is -0.142. The molecule has 0 spiro atoms. The highest BCUT2D eigenvalue weighted by molar-refractivity contribution is 5.85. The Hall–Kier alpha value is -0.810. The standard InChI is InChI=1S/C16H29N3O2.ClH/c1-16(2,3)15(21)19-8-4-5-12(10-19)14(20)18-13(9-17)11-6-7-11;/h11-13H,4-10,17H2,1-3H3,(H,18,20);1H. The number of nitrogens with one attached hydrogen (secondary N) is 1. The van der Waals surface area contributed by atoms with Crippen LogP contribution >= 0.6 is 12.4 Å². The van der Waals surface area contributed by atoms with E-state index in [9.17, 15) is 9.59 Å². The second-order valence-electron chi connectivity index (χ2n) is 7.53. The summed E-state index contributed by atoms with van der Waals surface area (Å²) in [7, 11) is 0. The second-order valence-corrected chi connectivity index (χ2v) is 7.53. The van der Waals surface area contributed by atoms with Crippen LogP contribution in [-0.2, 0) is 9.59 Å². The molecule has 128 valence electrons. The number of hydrogen-bond donors (Lipinski definition) is 2. The van der Waals surface area contributed by atoms with Gasteiger partial charge < -0.3 is 16.0 Å². The SMILES string of the molecule is CC(C)(C)C(=O)N1CCCC(C(=O)NC(CN)C2CC2)C1.Cl. The van der Waals surface area contributed by atoms with Gasteiger partial charge in [-0.15, -0.1) is 12.4 Å². The Balaban J connectivity index is 0.00000242. The molecule has 1 heterocycles. The lowest BCUT2D eigenvalue weighted by atomic mass is 9.90. The average molecular weight is 332 g/mol. The largest absolute Gasteiger partial charge is 0.352 e. The minimum atomic E-state index is -0.383. The zero-order chi connectivity index (χ0) is 15.6. The summed E-state index contributed by atoms with van der Waals surface area (Å²) in [6.45, 7) is 7.60. The van der Waals surface area contributed by atoms with E-state index in [1.165, 1.54) is 12.8 Å². The van der Waals surface area contributed by atoms with Gasteiger partial charge in [-0.2, -0.15) is 0 Å². The number of nitrogens with zero attached hydrogens (tertiary/aromatic N) is 1. The van der Waals surface area contributed by atoms with Gasteiger partial charge in [-0.1, -0.05) is 20.8 Å². The van der Waals surface area contributed by atoms with E-state index in [2.05, 4.69) is 5.32 Å². The highest BCUT2D eigenvalue weighted by atomic mass is 35.5. The van der Waals surface area contributed by atoms with Crippen molar-refractivity contribution in [3.63, 3.8) is 0 Å². The molecule has 0 radical (unpaired) electrons. The molecule has 2 fully saturated rings. The number of carbonyl (C=O) groups is 2. The van der Waals surface area contributed by atoms with Crippen LogP contribution in [0.5, 0.6) is 0 Å². The molecule has 2 aliphatic rings. The van der Waals surface area contributed by atoms with Crippen molar-refractivity contribution < 1.29 is 9.59 Å². The van der Waals surface area contributed by atoms with Crippen LogP contribution in [0.25, 0.3) is 0 Å². The third-order valence-corrected chi connectivity index (χ3v) is 4.49. The van der Waals surface area contributed by atoms with Crippen molar-refractivity contribution in [3.05, 3.63) is 0 Å². The van der Waals surface area contributed by atoms with Crippen molar-refractivity contribution in [2.75, 3.05) is 19.6 Å². The predicted molar refractivity (Wildman–Crippen MR) is 89.7 cm³/mol. The topological polar surface area (TPSA) is 75.4 Å². The highest BCUT2D eigenvalue weighted by Gasteiger charge is 2.36. The fourth-order valence-corrected chi connectivity index (χ4v) is 3.02. The molecule has 1 aliphatic carbocycles. The summed E-state index contributed by atoms with van der Waals surface area (Å²) in [4.78, 5) is 26.6. The molecule has 22 heavy (non-hydrogen) atoms. The van der Waals surface area contributed by atoms with Gasteiger partial charge in [0.2, 0.25) is 11.8 Å². The van der Waals surface area contributed by atoms with Crippen molar-refractivity contribution in [1.82, 2.24) is 10.2 Å². The van der Waals surface area contributed by atoms with E-state index >= 15 is 0 Å². The molecule has 1 saturated heterocycles. The van der Waals surface area contributed by atoms with Gasteiger partial charge in [0.15, 0.2) is 0 Å². The lowest BCUT2D eigenvalue weighted by Crippen LogP contribution is -2.51. The van der Waals surface area contributed by atoms with Gasteiger partial charge in [-0.25, -0.2) is 0 Å². The Morgan fingerprint density at radius 1 is 1.27 bits per heavy atom. The summed E-state index contributed by atoms with van der Waals surface area (Å²) in [5, 5.41) is 3.09. The predicted octanol–water partition coefficient (Wildman–Crippen LogP) is 1.55. The molecule has 5 nitrogen and oxygen atoms in total. The van der Waals surface area contributed by atoms with E-state index in [-0.39, 0.29) is 41.6 Å². The average Bonchev–Trinajstić information content (AvgIpc) is 3.27. The molecule has 1 saturated carbocycles. The van der Waals surface area contributed by atoms with Crippen molar-refractivity contribution in [2.24, 2.45) is 23.0 Å². The molecule has 2 atom stereocenters. The Kier molecular flexibility index (Phi) is 6.68. The van der Waals surface area contributed by atoms with Crippen molar-refractivity contribution in [1.29, 1.82) is 0 Å². The van der Waals surface area contributed by atoms with Crippen molar-refractivity contribution >= 4 is 24.2 Å². The third-order valence-electron chi connectivity index (χ3n) is 4.49. The van der Waals surface area contributed by atoms with E-state index < -0.39 is 0 Å². The molecule has 3 N–H and O–H groups in total. The summed E-state index contributed by atoms with van der Waals surface area (Å²) in [5.74, 6) is 0.689. The first kappa shape index (κ1) is 19.2. The summed E-state index contributed by atoms with van der Waals surface area (Å²) < 4.78 is 0. The van der Waals surface area contributed by atoms with E-state index in [0.29, 0.717) is 19.0 Å². The molecule has 0 aromatic rings. The molecule has 1 aliphatic heterocycles. The lowest BCUT2D eigenvalue weighted by Gasteiger charge is -2.36. The molecule has 2 rings (SSSR count). The van der Waals surface area contributed by atoms with Crippen LogP contribution in [0.2, 0.25) is 0 Å². The summed E-state index contributed by atoms with van der Waals surface area (Å²) in [6, 6.07) is 0.117. The Morgan fingerprint density at radius 3 is 2.41 bits per heavy atom. The third kappa shape index (κ3) is 4.85. The van der Waals surface area contributed by atoms with E-state index in [4.69, 9.17) is 5.73 Å². The number of piperidine rings is 1. The maximum absolute atomic E-state index is 12.4. The Morgan fingerprint density at radius 2 is 1.91 bits per heavy atom. The number of rotatable bonds is 4. The Bertz CT molecular complexity index is 405. The second kappa shape index (κ2) is 7.64. The zero-order valence-corrected chi connectivity index (χ0v) is 14.7. The van der Waals surface area contributed by atoms with Gasteiger partial charge >= 0.3 is 0 Å². The summed E-state index contributed by atoms with van der Waals surface area (Å²) >= 11 is 0. The maximum atomic E-state index is 12.4. The number of nitrogens with two attached hydrogens (primary N) is 1. The molecule has 0 aromatic heterocycles. The van der Waals surface area contributed by atoms with Crippen LogP contribution in [-0.4, -0.2) is 42.4 Å². The van der Waals surface area contributed by atoms with Crippen LogP contribution < -0.4 is 11.1 Å². The molecule has 6 heteroatoms. The number of hydrogen-bond acceptors (Lipinski definition) is 3. The minimum Gasteiger partial charge on any atom is -0.352 e. The first-order valence-corrected chi connectivity index (χ1v) is 8.12. The first-order chi connectivity index (χ1) is 9.82. The van der Waals surface area contributed by atoms with E-state index in [1.807, 2.05) is 25.7 Å². The number of likely N-dealkylation sites (tertiary alicyclic amines) is 1. The molecular formula is C16H30ClN3O2. The monoisotopic (exact) mass is 331 g/mol. The van der Waals surface area contributed by atoms with Crippen LogP contribution in [0.1, 0.15) is 46.5 Å². The van der Waals surface area contributed by atoms with Gasteiger partial charge in [-0.05, 0) is 31.6 Å². The highest BCUT2D eigenvalue weighted by Crippen LogP contribution is 2.32. The van der Waals surface area contributed by atoms with Gasteiger partial charge in [-0.3, -0.25) is 9.59 Å². The van der Waals surface area contributed by atoms with Crippen LogP contribution in [0.4, 0.5) is 0 Å². The number of carbonyl (C=O) groups excluding carboxylic acids is 2. The molecular weight excluding hydrogens is 302 g/mol. The quantitative estimate of drug-likeness (QED) is 0.820. The van der Waals surface area contributed by atoms with Gasteiger partial charge in [0.25, 0.3) is 0 Å². The van der Waals surface area contributed by atoms with Crippen LogP contribution in [0.15, 0.2) is 0 Å². The Labute approximate surface area is 139 Å². The normalized spacial score (nSPS) is 23.5. The van der Waals surface area contributed by atoms with Crippen LogP contribution in [0, 0.1) is 17.3 Å². The smallest absolute Gasteiger partial charge is 0.227 e. The first-order valence-electron chi connectivity index (χ1n) is 8.12. The fourth-order valence-electron chi connectivity index (χ4n) is 3.02. The molecule has 0 aromatic carbocycles. The summed E-state index contributed by atoms with van der Waals surface area (Å²) in [6.07, 6.45) is 4.10. The van der Waals surface area contributed by atoms with E-state index in [0.717, 1.165) is 19.4 Å². The van der Waals surface area contributed by atoms with Gasteiger partial charge in [0, 0.05) is 31.1 Å². The molecule has 2 amide bonds. The van der Waals surface area contributed by atoms with Crippen LogP contribution in [0.3, 0.4) is 0 Å². The molecule has 0 bridgehead atoms. The van der Waals surface area contributed by atoms with Crippen molar-refractivity contribution in [2.45, 2.75) is 52.5 Å². The number of halogens is 1. The zero-order valence-electron chi connectivity index (χ0n) is 13.9. The van der Waals surface area contributed by atoms with Crippen molar-refractivity contribution in [3.8, 4) is 0 Å². The summed E-state index contributed by atoms with van der Waals surface area (Å²) in [5.41, 5.74) is 5.36. The van der Waals surface area contributed by atoms with E-state index in [1.54, 1.807) is 0 Å². The fraction of sp³-hybridized carbons (Fsp3) is 0.875. The molecule has 2 unspecified atom stereocenters. The van der Waals surface area contributed by atoms with Gasteiger partial charge in [0.05, 0.1) is 5.92 Å². The van der Waals surface area contributed by atoms with Gasteiger partial charge in [0.1, 0.15) is 0 Å². The minimum absolute atomic E-state index is 0. The number of amides is 2. The maximum Gasteiger partial charge on any atom is 0.227 e.